The van der Waals surface area contributed by atoms with Gasteiger partial charge in [0.05, 0.1) is 0 Å². The van der Waals surface area contributed by atoms with Crippen LogP contribution in [0.3, 0.4) is 0 Å². The first-order chi connectivity index (χ1) is 4.74. The average molecular weight is 220 g/mol. The van der Waals surface area contributed by atoms with E-state index in [0.717, 1.165) is 5.33 Å². The molecule has 0 aromatic carbocycles. The number of hydrogen-bond donors (Lipinski definition) is 0. The zero-order valence-electron chi connectivity index (χ0n) is 5.56. The molecule has 1 rings (SSSR count). The standard InChI is InChI=1S/C7H7BrClN/c1-5-2-7(9)10-4-6(5)3-8/h2,4H,3H2,1H3. The van der Waals surface area contributed by atoms with Crippen LogP contribution in [0.15, 0.2) is 12.3 Å². The molecule has 0 bridgehead atoms. The molecular formula is C7H7BrClN. The lowest BCUT2D eigenvalue weighted by Crippen LogP contribution is -1.86. The van der Waals surface area contributed by atoms with Crippen LogP contribution in [0.4, 0.5) is 0 Å². The van der Waals surface area contributed by atoms with Crippen LogP contribution in [0.2, 0.25) is 5.15 Å². The Labute approximate surface area is 73.6 Å². The molecule has 54 valence electrons. The van der Waals surface area contributed by atoms with E-state index in [2.05, 4.69) is 20.9 Å². The molecule has 0 aliphatic heterocycles. The van der Waals surface area contributed by atoms with Crippen LogP contribution in [-0.4, -0.2) is 4.98 Å². The van der Waals surface area contributed by atoms with Crippen molar-refractivity contribution in [1.82, 2.24) is 4.98 Å². The van der Waals surface area contributed by atoms with Gasteiger partial charge in [-0.15, -0.1) is 0 Å². The maximum Gasteiger partial charge on any atom is 0.129 e. The van der Waals surface area contributed by atoms with Crippen LogP contribution < -0.4 is 0 Å². The predicted molar refractivity (Wildman–Crippen MR) is 46.6 cm³/mol. The van der Waals surface area contributed by atoms with E-state index in [1.54, 1.807) is 6.20 Å². The van der Waals surface area contributed by atoms with Gasteiger partial charge in [-0.2, -0.15) is 0 Å². The molecule has 0 N–H and O–H groups in total. The molecule has 0 fully saturated rings. The second-order valence-electron chi connectivity index (χ2n) is 2.07. The molecule has 0 unspecified atom stereocenters. The Kier molecular flexibility index (Phi) is 2.69. The second-order valence-corrected chi connectivity index (χ2v) is 3.02. The summed E-state index contributed by atoms with van der Waals surface area (Å²) in [5, 5.41) is 1.39. The molecule has 0 saturated heterocycles. The Balaban J connectivity index is 3.07. The Morgan fingerprint density at radius 1 is 1.70 bits per heavy atom. The van der Waals surface area contributed by atoms with Crippen LogP contribution in [-0.2, 0) is 5.33 Å². The molecule has 0 aliphatic rings. The van der Waals surface area contributed by atoms with Crippen LogP contribution >= 0.6 is 27.5 Å². The lowest BCUT2D eigenvalue weighted by Gasteiger charge is -1.99. The van der Waals surface area contributed by atoms with Gasteiger partial charge in [-0.05, 0) is 24.1 Å². The molecule has 1 nitrogen and oxygen atoms in total. The third-order valence-corrected chi connectivity index (χ3v) is 2.14. The minimum atomic E-state index is 0.558. The van der Waals surface area contributed by atoms with Crippen molar-refractivity contribution in [1.29, 1.82) is 0 Å². The van der Waals surface area contributed by atoms with Gasteiger partial charge in [0, 0.05) is 11.5 Å². The molecule has 1 aromatic rings. The fourth-order valence-corrected chi connectivity index (χ4v) is 1.49. The van der Waals surface area contributed by atoms with E-state index in [4.69, 9.17) is 11.6 Å². The van der Waals surface area contributed by atoms with Crippen LogP contribution in [0.25, 0.3) is 0 Å². The van der Waals surface area contributed by atoms with Crippen molar-refractivity contribution in [2.75, 3.05) is 0 Å². The summed E-state index contributed by atoms with van der Waals surface area (Å²) >= 11 is 9.00. The van der Waals surface area contributed by atoms with E-state index in [1.165, 1.54) is 11.1 Å². The highest BCUT2D eigenvalue weighted by Gasteiger charge is 1.96. The lowest BCUT2D eigenvalue weighted by molar-refractivity contribution is 1.21. The number of hydrogen-bond acceptors (Lipinski definition) is 1. The third kappa shape index (κ3) is 1.70. The zero-order valence-corrected chi connectivity index (χ0v) is 7.91. The number of nitrogens with zero attached hydrogens (tertiary/aromatic N) is 1. The topological polar surface area (TPSA) is 12.9 Å². The number of pyridine rings is 1. The van der Waals surface area contributed by atoms with Crippen molar-refractivity contribution in [2.24, 2.45) is 0 Å². The number of halogens is 2. The molecule has 0 atom stereocenters. The highest BCUT2D eigenvalue weighted by Crippen LogP contribution is 2.13. The molecule has 1 aromatic heterocycles. The number of alkyl halides is 1. The number of aryl methyl sites for hydroxylation is 1. The molecule has 0 amide bonds. The first kappa shape index (κ1) is 8.02. The van der Waals surface area contributed by atoms with E-state index < -0.39 is 0 Å². The fraction of sp³-hybridized carbons (Fsp3) is 0.286. The Morgan fingerprint density at radius 3 is 2.90 bits per heavy atom. The molecule has 0 radical (unpaired) electrons. The van der Waals surface area contributed by atoms with Crippen molar-refractivity contribution < 1.29 is 0 Å². The molecule has 1 heterocycles. The number of aromatic nitrogens is 1. The Morgan fingerprint density at radius 2 is 2.40 bits per heavy atom. The maximum absolute atomic E-state index is 5.65. The number of rotatable bonds is 1. The molecule has 0 saturated carbocycles. The van der Waals surface area contributed by atoms with E-state index in [0.29, 0.717) is 5.15 Å². The summed E-state index contributed by atoms with van der Waals surface area (Å²) < 4.78 is 0. The molecule has 3 heteroatoms. The Hall–Kier alpha value is -0.0800. The van der Waals surface area contributed by atoms with Gasteiger partial charge in [-0.25, -0.2) is 4.98 Å². The summed E-state index contributed by atoms with van der Waals surface area (Å²) in [5.74, 6) is 0. The quantitative estimate of drug-likeness (QED) is 0.524. The van der Waals surface area contributed by atoms with Crippen molar-refractivity contribution in [2.45, 2.75) is 12.3 Å². The van der Waals surface area contributed by atoms with Gasteiger partial charge < -0.3 is 0 Å². The SMILES string of the molecule is Cc1cc(Cl)ncc1CBr. The average Bonchev–Trinajstić information content (AvgIpc) is 1.88. The predicted octanol–water partition coefficient (Wildman–Crippen LogP) is 2.94. The van der Waals surface area contributed by atoms with Crippen molar-refractivity contribution in [3.8, 4) is 0 Å². The highest BCUT2D eigenvalue weighted by atomic mass is 79.9. The Bertz CT molecular complexity index is 237. The minimum absolute atomic E-state index is 0.558. The van der Waals surface area contributed by atoms with Gasteiger partial charge in [0.1, 0.15) is 5.15 Å². The van der Waals surface area contributed by atoms with Gasteiger partial charge >= 0.3 is 0 Å². The molecule has 10 heavy (non-hydrogen) atoms. The van der Waals surface area contributed by atoms with Gasteiger partial charge in [0.15, 0.2) is 0 Å². The van der Waals surface area contributed by atoms with Crippen molar-refractivity contribution in [3.63, 3.8) is 0 Å². The summed E-state index contributed by atoms with van der Waals surface area (Å²) in [7, 11) is 0. The fourth-order valence-electron chi connectivity index (χ4n) is 0.690. The molecule has 0 spiro atoms. The van der Waals surface area contributed by atoms with Gasteiger partial charge in [-0.1, -0.05) is 27.5 Å². The highest BCUT2D eigenvalue weighted by molar-refractivity contribution is 9.08. The van der Waals surface area contributed by atoms with Crippen LogP contribution in [0.1, 0.15) is 11.1 Å². The normalized spacial score (nSPS) is 9.90. The summed E-state index contributed by atoms with van der Waals surface area (Å²) in [4.78, 5) is 3.95. The maximum atomic E-state index is 5.65. The van der Waals surface area contributed by atoms with E-state index in [-0.39, 0.29) is 0 Å². The van der Waals surface area contributed by atoms with Crippen molar-refractivity contribution >= 4 is 27.5 Å². The lowest BCUT2D eigenvalue weighted by atomic mass is 10.2. The smallest absolute Gasteiger partial charge is 0.129 e. The van der Waals surface area contributed by atoms with Crippen molar-refractivity contribution in [3.05, 3.63) is 28.5 Å². The monoisotopic (exact) mass is 219 g/mol. The first-order valence-corrected chi connectivity index (χ1v) is 4.41. The van der Waals surface area contributed by atoms with Crippen LogP contribution in [0.5, 0.6) is 0 Å². The summed E-state index contributed by atoms with van der Waals surface area (Å²) in [6, 6.07) is 1.86. The minimum Gasteiger partial charge on any atom is -0.244 e. The first-order valence-electron chi connectivity index (χ1n) is 2.91. The van der Waals surface area contributed by atoms with E-state index >= 15 is 0 Å². The largest absolute Gasteiger partial charge is 0.244 e. The second kappa shape index (κ2) is 3.35. The molecule has 0 aliphatic carbocycles. The summed E-state index contributed by atoms with van der Waals surface area (Å²) in [5.41, 5.74) is 2.36. The summed E-state index contributed by atoms with van der Waals surface area (Å²) in [6.07, 6.45) is 1.78. The van der Waals surface area contributed by atoms with E-state index in [9.17, 15) is 0 Å². The van der Waals surface area contributed by atoms with E-state index in [1.807, 2.05) is 13.0 Å². The van der Waals surface area contributed by atoms with Gasteiger partial charge in [0.25, 0.3) is 0 Å². The van der Waals surface area contributed by atoms with Gasteiger partial charge in [0.2, 0.25) is 0 Å². The third-order valence-electron chi connectivity index (χ3n) is 1.33. The van der Waals surface area contributed by atoms with Gasteiger partial charge in [-0.3, -0.25) is 0 Å². The summed E-state index contributed by atoms with van der Waals surface area (Å²) in [6.45, 7) is 2.02. The molecular weight excluding hydrogens is 213 g/mol. The van der Waals surface area contributed by atoms with Crippen LogP contribution in [0, 0.1) is 6.92 Å². The zero-order chi connectivity index (χ0) is 7.56.